The molecule has 1 amide bonds. The summed E-state index contributed by atoms with van der Waals surface area (Å²) < 4.78 is 11.0. The first-order chi connectivity index (χ1) is 12.5. The molecule has 1 aliphatic rings. The van der Waals surface area contributed by atoms with Crippen LogP contribution in [0.2, 0.25) is 0 Å². The number of esters is 1. The van der Waals surface area contributed by atoms with Crippen LogP contribution < -0.4 is 9.97 Å². The van der Waals surface area contributed by atoms with Gasteiger partial charge in [-0.1, -0.05) is 45.7 Å². The Balaban J connectivity index is 2.10. The van der Waals surface area contributed by atoms with E-state index in [0.29, 0.717) is 36.7 Å². The minimum absolute atomic E-state index is 0.121. The van der Waals surface area contributed by atoms with E-state index >= 15 is 0 Å². The van der Waals surface area contributed by atoms with Crippen LogP contribution in [0.5, 0.6) is 5.75 Å². The summed E-state index contributed by atoms with van der Waals surface area (Å²) in [5.74, 6) is -0.421. The maximum Gasteiger partial charge on any atom is 0.547 e. The fourth-order valence-corrected chi connectivity index (χ4v) is 3.01. The molecule has 0 spiro atoms. The van der Waals surface area contributed by atoms with Gasteiger partial charge in [0.15, 0.2) is 0 Å². The van der Waals surface area contributed by atoms with E-state index in [1.54, 1.807) is 12.1 Å². The molecule has 0 bridgehead atoms. The molecule has 0 unspecified atom stereocenters. The molecule has 0 fully saturated rings. The van der Waals surface area contributed by atoms with Crippen molar-refractivity contribution in [2.45, 2.75) is 58.8 Å². The summed E-state index contributed by atoms with van der Waals surface area (Å²) in [6.07, 6.45) is 3.44. The molecule has 0 saturated carbocycles. The van der Waals surface area contributed by atoms with Gasteiger partial charge in [0.05, 0.1) is 12.5 Å². The van der Waals surface area contributed by atoms with Crippen molar-refractivity contribution in [2.24, 2.45) is 5.92 Å². The Labute approximate surface area is 155 Å². The molecule has 2 N–H and O–H groups in total. The number of ether oxygens (including phenoxy) is 1. The highest BCUT2D eigenvalue weighted by atomic mass is 16.5. The Bertz CT molecular complexity index is 632. The van der Waals surface area contributed by atoms with Crippen molar-refractivity contribution in [3.63, 3.8) is 0 Å². The van der Waals surface area contributed by atoms with Crippen molar-refractivity contribution in [1.29, 1.82) is 0 Å². The number of carbonyl (C=O) groups excluding carboxylic acids is 2. The second-order valence-corrected chi connectivity index (χ2v) is 6.71. The average Bonchev–Trinajstić information content (AvgIpc) is 2.62. The number of rotatable bonds is 8. The molecule has 1 aromatic rings. The zero-order chi connectivity index (χ0) is 19.1. The van der Waals surface area contributed by atoms with Gasteiger partial charge in [-0.2, -0.15) is 0 Å². The molecule has 6 nitrogen and oxygen atoms in total. The highest BCUT2D eigenvalue weighted by Crippen LogP contribution is 2.30. The Morgan fingerprint density at radius 3 is 2.73 bits per heavy atom. The molecule has 7 heteroatoms. The Morgan fingerprint density at radius 2 is 2.08 bits per heavy atom. The van der Waals surface area contributed by atoms with Crippen LogP contribution in [0.4, 0.5) is 0 Å². The third-order valence-electron chi connectivity index (χ3n) is 4.77. The van der Waals surface area contributed by atoms with Crippen molar-refractivity contribution >= 4 is 19.0 Å². The monoisotopic (exact) mass is 361 g/mol. The van der Waals surface area contributed by atoms with Gasteiger partial charge in [-0.25, -0.2) is 4.79 Å². The van der Waals surface area contributed by atoms with Gasteiger partial charge in [0.25, 0.3) is 0 Å². The van der Waals surface area contributed by atoms with Crippen LogP contribution in [0, 0.1) is 5.92 Å². The minimum atomic E-state index is -1.20. The molecule has 1 atom stereocenters. The number of nitrogens with one attached hydrogen (secondary N) is 1. The minimum Gasteiger partial charge on any atom is -0.534 e. The predicted molar refractivity (Wildman–Crippen MR) is 99.9 cm³/mol. The van der Waals surface area contributed by atoms with Crippen LogP contribution in [0.1, 0.15) is 62.4 Å². The van der Waals surface area contributed by atoms with Crippen LogP contribution in [0.25, 0.3) is 0 Å². The number of carbonyl (C=O) groups is 2. The normalized spacial score (nSPS) is 16.0. The highest BCUT2D eigenvalue weighted by molar-refractivity contribution is 6.47. The van der Waals surface area contributed by atoms with Gasteiger partial charge in [0.1, 0.15) is 11.3 Å². The number of hydrogen-bond acceptors (Lipinski definition) is 5. The first kappa shape index (κ1) is 20.3. The van der Waals surface area contributed by atoms with Crippen molar-refractivity contribution in [1.82, 2.24) is 5.32 Å². The number of amides is 1. The standard InChI is InChI=1S/C19H28BNO5/c1-4-8-17(22)21-16-11-14-9-7-10-15(18(14)26-20(16)24)19(23)25-12-13(5-2)6-3/h7,9-10,13,16,24H,4-6,8,11-12H2,1-3H3,(H,21,22)/t16-/m0/s1. The van der Waals surface area contributed by atoms with Crippen LogP contribution in [0.15, 0.2) is 18.2 Å². The van der Waals surface area contributed by atoms with Gasteiger partial charge in [-0.05, 0) is 30.4 Å². The third-order valence-corrected chi connectivity index (χ3v) is 4.77. The zero-order valence-electron chi connectivity index (χ0n) is 15.8. The number of para-hydroxylation sites is 1. The SMILES string of the molecule is CCCC(=O)N[C@H]1Cc2cccc(C(=O)OCC(CC)CC)c2OB1O. The van der Waals surface area contributed by atoms with Crippen molar-refractivity contribution in [2.75, 3.05) is 6.61 Å². The second-order valence-electron chi connectivity index (χ2n) is 6.71. The van der Waals surface area contributed by atoms with E-state index in [1.807, 2.05) is 13.0 Å². The number of hydrogen-bond donors (Lipinski definition) is 2. The fourth-order valence-electron chi connectivity index (χ4n) is 3.01. The lowest BCUT2D eigenvalue weighted by Crippen LogP contribution is -2.53. The molecule has 26 heavy (non-hydrogen) atoms. The highest BCUT2D eigenvalue weighted by Gasteiger charge is 2.37. The second kappa shape index (κ2) is 9.62. The molecule has 1 aliphatic heterocycles. The lowest BCUT2D eigenvalue weighted by Gasteiger charge is -2.29. The van der Waals surface area contributed by atoms with Crippen LogP contribution in [-0.4, -0.2) is 36.6 Å². The van der Waals surface area contributed by atoms with Crippen molar-refractivity contribution in [3.8, 4) is 5.75 Å². The lowest BCUT2D eigenvalue weighted by atomic mass is 9.72. The number of fused-ring (bicyclic) bond motifs is 1. The Kier molecular flexibility index (Phi) is 7.51. The van der Waals surface area contributed by atoms with E-state index in [4.69, 9.17) is 9.39 Å². The van der Waals surface area contributed by atoms with E-state index in [-0.39, 0.29) is 5.91 Å². The molecular weight excluding hydrogens is 333 g/mol. The Hall–Kier alpha value is -2.02. The molecular formula is C19H28BNO5. The maximum absolute atomic E-state index is 12.5. The maximum atomic E-state index is 12.5. The van der Waals surface area contributed by atoms with Gasteiger partial charge in [0, 0.05) is 6.42 Å². The van der Waals surface area contributed by atoms with Gasteiger partial charge < -0.3 is 19.7 Å². The van der Waals surface area contributed by atoms with Gasteiger partial charge in [-0.15, -0.1) is 0 Å². The quantitative estimate of drug-likeness (QED) is 0.549. The smallest absolute Gasteiger partial charge is 0.534 e. The van der Waals surface area contributed by atoms with Gasteiger partial charge in [-0.3, -0.25) is 4.79 Å². The molecule has 2 rings (SSSR count). The lowest BCUT2D eigenvalue weighted by molar-refractivity contribution is -0.121. The zero-order valence-corrected chi connectivity index (χ0v) is 15.8. The van der Waals surface area contributed by atoms with Crippen LogP contribution >= 0.6 is 0 Å². The van der Waals surface area contributed by atoms with Gasteiger partial charge >= 0.3 is 13.1 Å². The largest absolute Gasteiger partial charge is 0.547 e. The molecule has 1 heterocycles. The number of benzene rings is 1. The average molecular weight is 361 g/mol. The molecule has 0 aliphatic carbocycles. The summed E-state index contributed by atoms with van der Waals surface area (Å²) in [4.78, 5) is 24.2. The van der Waals surface area contributed by atoms with E-state index in [2.05, 4.69) is 19.2 Å². The summed E-state index contributed by atoms with van der Waals surface area (Å²) in [6, 6.07) is 5.23. The summed E-state index contributed by atoms with van der Waals surface area (Å²) in [6.45, 7) is 6.42. The first-order valence-corrected chi connectivity index (χ1v) is 9.43. The van der Waals surface area contributed by atoms with Crippen molar-refractivity contribution < 1.29 is 24.0 Å². The van der Waals surface area contributed by atoms with Crippen molar-refractivity contribution in [3.05, 3.63) is 29.3 Å². The summed E-state index contributed by atoms with van der Waals surface area (Å²) in [5.41, 5.74) is 1.08. The Morgan fingerprint density at radius 1 is 1.35 bits per heavy atom. The summed E-state index contributed by atoms with van der Waals surface area (Å²) in [7, 11) is -1.20. The summed E-state index contributed by atoms with van der Waals surface area (Å²) in [5, 5.41) is 13.0. The molecule has 142 valence electrons. The van der Waals surface area contributed by atoms with Gasteiger partial charge in [0.2, 0.25) is 5.91 Å². The first-order valence-electron chi connectivity index (χ1n) is 9.43. The topological polar surface area (TPSA) is 84.9 Å². The van der Waals surface area contributed by atoms with E-state index in [1.165, 1.54) is 0 Å². The molecule has 0 radical (unpaired) electrons. The van der Waals surface area contributed by atoms with E-state index in [0.717, 1.165) is 24.8 Å². The molecule has 0 aromatic heterocycles. The predicted octanol–water partition coefficient (Wildman–Crippen LogP) is 2.52. The summed E-state index contributed by atoms with van der Waals surface area (Å²) >= 11 is 0. The molecule has 0 saturated heterocycles. The van der Waals surface area contributed by atoms with Crippen LogP contribution in [0.3, 0.4) is 0 Å². The van der Waals surface area contributed by atoms with E-state index in [9.17, 15) is 14.6 Å². The molecule has 1 aromatic carbocycles. The van der Waals surface area contributed by atoms with E-state index < -0.39 is 19.0 Å². The fraction of sp³-hybridized carbons (Fsp3) is 0.579. The van der Waals surface area contributed by atoms with Crippen LogP contribution in [-0.2, 0) is 16.0 Å². The third kappa shape index (κ3) is 5.00.